The maximum absolute atomic E-state index is 15.0. The molecule has 0 saturated heterocycles. The Balaban J connectivity index is 1.59. The Bertz CT molecular complexity index is 1390. The normalized spacial score (nSPS) is 18.6. The van der Waals surface area contributed by atoms with E-state index in [1.54, 1.807) is 6.07 Å². The predicted molar refractivity (Wildman–Crippen MR) is 133 cm³/mol. The van der Waals surface area contributed by atoms with E-state index in [0.717, 1.165) is 31.2 Å². The first kappa shape index (κ1) is 29.6. The summed E-state index contributed by atoms with van der Waals surface area (Å²) in [6.07, 6.45) is -1.38. The van der Waals surface area contributed by atoms with Crippen molar-refractivity contribution in [3.05, 3.63) is 88.5 Å². The highest BCUT2D eigenvalue weighted by atomic mass is 19.4. The smallest absolute Gasteiger partial charge is 0.403 e. The van der Waals surface area contributed by atoms with Gasteiger partial charge in [-0.05, 0) is 91.0 Å². The van der Waals surface area contributed by atoms with Crippen molar-refractivity contribution < 1.29 is 44.3 Å². The molecule has 4 rings (SSSR count). The molecule has 0 amide bonds. The van der Waals surface area contributed by atoms with Gasteiger partial charge in [0, 0.05) is 11.1 Å². The molecule has 214 valence electrons. The lowest BCUT2D eigenvalue weighted by molar-refractivity contribution is -0.275. The van der Waals surface area contributed by atoms with E-state index in [0.29, 0.717) is 36.1 Å². The molecule has 0 spiro atoms. The zero-order chi connectivity index (χ0) is 29.4. The summed E-state index contributed by atoms with van der Waals surface area (Å²) >= 11 is 0. The van der Waals surface area contributed by atoms with Crippen LogP contribution in [0.15, 0.2) is 48.5 Å². The molecule has 1 saturated carbocycles. The Morgan fingerprint density at radius 3 is 1.90 bits per heavy atom. The van der Waals surface area contributed by atoms with Gasteiger partial charge in [0.05, 0.1) is 5.56 Å². The van der Waals surface area contributed by atoms with Crippen molar-refractivity contribution in [3.63, 3.8) is 0 Å². The van der Waals surface area contributed by atoms with Crippen LogP contribution in [0.5, 0.6) is 5.75 Å². The minimum atomic E-state index is -5.23. The summed E-state index contributed by atoms with van der Waals surface area (Å²) in [5.41, 5.74) is -1.97. The minimum Gasteiger partial charge on any atom is -0.403 e. The minimum absolute atomic E-state index is 0.142. The van der Waals surface area contributed by atoms with Gasteiger partial charge in [-0.3, -0.25) is 0 Å². The SMILES string of the molecule is CC(C)C1CCC(c2ccc(-c3cc(F)c(/C(F)=C(\F)c4ccc(OC(F)(F)F)c(F)c4)c(F)c3)c(F)c2)CC1. The lowest BCUT2D eigenvalue weighted by Gasteiger charge is -2.31. The highest BCUT2D eigenvalue weighted by molar-refractivity contribution is 5.84. The molecule has 1 nitrogen and oxygen atoms in total. The third-order valence-corrected chi connectivity index (χ3v) is 7.36. The number of alkyl halides is 3. The van der Waals surface area contributed by atoms with Crippen LogP contribution >= 0.6 is 0 Å². The van der Waals surface area contributed by atoms with E-state index >= 15 is 4.39 Å². The fourth-order valence-corrected chi connectivity index (χ4v) is 5.16. The molecule has 1 aliphatic carbocycles. The van der Waals surface area contributed by atoms with Gasteiger partial charge in [0.2, 0.25) is 0 Å². The highest BCUT2D eigenvalue weighted by Gasteiger charge is 2.33. The average molecular weight is 573 g/mol. The molecule has 0 aliphatic heterocycles. The number of hydrogen-bond donors (Lipinski definition) is 0. The Kier molecular flexibility index (Phi) is 8.56. The van der Waals surface area contributed by atoms with E-state index in [1.165, 1.54) is 12.1 Å². The summed E-state index contributed by atoms with van der Waals surface area (Å²) in [4.78, 5) is 0. The van der Waals surface area contributed by atoms with E-state index in [2.05, 4.69) is 18.6 Å². The first-order chi connectivity index (χ1) is 18.7. The van der Waals surface area contributed by atoms with Crippen LogP contribution < -0.4 is 4.74 Å². The van der Waals surface area contributed by atoms with Crippen LogP contribution in [-0.2, 0) is 0 Å². The van der Waals surface area contributed by atoms with E-state index in [1.807, 2.05) is 0 Å². The summed E-state index contributed by atoms with van der Waals surface area (Å²) in [6.45, 7) is 4.35. The van der Waals surface area contributed by atoms with Crippen molar-refractivity contribution in [1.82, 2.24) is 0 Å². The molecular formula is C30H25F9O. The number of rotatable bonds is 6. The zero-order valence-electron chi connectivity index (χ0n) is 21.5. The molecule has 3 aromatic carbocycles. The molecular weight excluding hydrogens is 547 g/mol. The molecule has 0 bridgehead atoms. The zero-order valence-corrected chi connectivity index (χ0v) is 21.5. The van der Waals surface area contributed by atoms with Crippen LogP contribution in [0.4, 0.5) is 39.5 Å². The summed E-state index contributed by atoms with van der Waals surface area (Å²) in [5, 5.41) is 0. The van der Waals surface area contributed by atoms with Gasteiger partial charge in [0.25, 0.3) is 0 Å². The van der Waals surface area contributed by atoms with Gasteiger partial charge in [-0.2, -0.15) is 0 Å². The van der Waals surface area contributed by atoms with Crippen LogP contribution in [0.1, 0.15) is 62.1 Å². The van der Waals surface area contributed by atoms with E-state index in [9.17, 15) is 35.1 Å². The molecule has 0 aromatic heterocycles. The topological polar surface area (TPSA) is 9.23 Å². The van der Waals surface area contributed by atoms with Crippen molar-refractivity contribution >= 4 is 11.7 Å². The summed E-state index contributed by atoms with van der Waals surface area (Å²) < 4.78 is 128. The fraction of sp³-hybridized carbons (Fsp3) is 0.333. The van der Waals surface area contributed by atoms with Crippen LogP contribution in [0, 0.1) is 35.1 Å². The quantitative estimate of drug-likeness (QED) is 0.211. The second kappa shape index (κ2) is 11.6. The second-order valence-electron chi connectivity index (χ2n) is 10.2. The highest BCUT2D eigenvalue weighted by Crippen LogP contribution is 2.40. The van der Waals surface area contributed by atoms with Gasteiger partial charge in [-0.15, -0.1) is 13.2 Å². The Morgan fingerprint density at radius 1 is 0.750 bits per heavy atom. The van der Waals surface area contributed by atoms with Crippen molar-refractivity contribution in [3.8, 4) is 16.9 Å². The fourth-order valence-electron chi connectivity index (χ4n) is 5.16. The molecule has 0 unspecified atom stereocenters. The standard InChI is InChI=1S/C30H25F9O/c1-15(2)16-3-5-17(6-4-16)18-7-9-21(22(31)11-18)20-13-24(33)27(25(34)14-20)29(36)28(35)19-8-10-26(23(32)12-19)40-30(37,38)39/h7-17H,3-6H2,1-2H3/b29-28+. The monoisotopic (exact) mass is 572 g/mol. The lowest BCUT2D eigenvalue weighted by Crippen LogP contribution is -2.17. The Labute approximate surface area is 225 Å². The van der Waals surface area contributed by atoms with Gasteiger partial charge in [-0.25, -0.2) is 26.3 Å². The molecule has 0 heterocycles. The maximum atomic E-state index is 15.0. The number of ether oxygens (including phenoxy) is 1. The number of benzene rings is 3. The number of hydrogen-bond acceptors (Lipinski definition) is 1. The van der Waals surface area contributed by atoms with E-state index in [4.69, 9.17) is 0 Å². The van der Waals surface area contributed by atoms with Crippen molar-refractivity contribution in [1.29, 1.82) is 0 Å². The summed E-state index contributed by atoms with van der Waals surface area (Å²) in [6, 6.07) is 6.79. The van der Waals surface area contributed by atoms with Gasteiger partial charge in [0.1, 0.15) is 17.5 Å². The lowest BCUT2D eigenvalue weighted by atomic mass is 9.74. The average Bonchev–Trinajstić information content (AvgIpc) is 2.88. The molecule has 40 heavy (non-hydrogen) atoms. The predicted octanol–water partition coefficient (Wildman–Crippen LogP) is 10.5. The van der Waals surface area contributed by atoms with Crippen LogP contribution in [0.2, 0.25) is 0 Å². The maximum Gasteiger partial charge on any atom is 0.573 e. The molecule has 0 atom stereocenters. The molecule has 0 radical (unpaired) electrons. The third kappa shape index (κ3) is 6.47. The van der Waals surface area contributed by atoms with Gasteiger partial charge in [0.15, 0.2) is 23.2 Å². The van der Waals surface area contributed by atoms with E-state index in [-0.39, 0.29) is 23.1 Å². The summed E-state index contributed by atoms with van der Waals surface area (Å²) in [7, 11) is 0. The largest absolute Gasteiger partial charge is 0.573 e. The van der Waals surface area contributed by atoms with Crippen molar-refractivity contribution in [2.45, 2.75) is 51.8 Å². The van der Waals surface area contributed by atoms with Gasteiger partial charge < -0.3 is 4.74 Å². The van der Waals surface area contributed by atoms with Crippen LogP contribution in [0.3, 0.4) is 0 Å². The molecule has 1 aliphatic rings. The van der Waals surface area contributed by atoms with Crippen LogP contribution in [-0.4, -0.2) is 6.36 Å². The third-order valence-electron chi connectivity index (χ3n) is 7.36. The first-order valence-electron chi connectivity index (χ1n) is 12.6. The molecule has 1 fully saturated rings. The van der Waals surface area contributed by atoms with Crippen LogP contribution in [0.25, 0.3) is 22.8 Å². The summed E-state index contributed by atoms with van der Waals surface area (Å²) in [5.74, 6) is -9.46. The Hall–Kier alpha value is -3.43. The first-order valence-corrected chi connectivity index (χ1v) is 12.6. The van der Waals surface area contributed by atoms with Gasteiger partial charge >= 0.3 is 6.36 Å². The molecule has 3 aromatic rings. The van der Waals surface area contributed by atoms with E-state index < -0.39 is 58.2 Å². The van der Waals surface area contributed by atoms with Crippen molar-refractivity contribution in [2.75, 3.05) is 0 Å². The Morgan fingerprint density at radius 2 is 1.38 bits per heavy atom. The second-order valence-corrected chi connectivity index (χ2v) is 10.2. The van der Waals surface area contributed by atoms with Crippen molar-refractivity contribution in [2.24, 2.45) is 11.8 Å². The molecule has 0 N–H and O–H groups in total. The van der Waals surface area contributed by atoms with Gasteiger partial charge in [-0.1, -0.05) is 26.0 Å². The number of halogens is 9. The molecule has 10 heteroatoms.